The molecular weight excluding hydrogens is 212 g/mol. The summed E-state index contributed by atoms with van der Waals surface area (Å²) in [5.74, 6) is 0.267. The van der Waals surface area contributed by atoms with Crippen LogP contribution in [-0.2, 0) is 0 Å². The average molecular weight is 234 g/mol. The number of carbonyl (C=O) groups excluding carboxylic acids is 1. The summed E-state index contributed by atoms with van der Waals surface area (Å²) in [6.45, 7) is 8.54. The molecule has 2 atom stereocenters. The number of carbonyl (C=O) groups is 1. The van der Waals surface area contributed by atoms with Crippen LogP contribution in [0.5, 0.6) is 0 Å². The van der Waals surface area contributed by atoms with Crippen molar-refractivity contribution < 1.29 is 4.79 Å². The number of amides is 1. The van der Waals surface area contributed by atoms with Gasteiger partial charge in [-0.2, -0.15) is 0 Å². The van der Waals surface area contributed by atoms with Crippen LogP contribution in [0.1, 0.15) is 35.3 Å². The maximum Gasteiger partial charge on any atom is 0.251 e. The van der Waals surface area contributed by atoms with Crippen molar-refractivity contribution in [1.29, 1.82) is 0 Å². The Morgan fingerprint density at radius 1 is 1.35 bits per heavy atom. The Morgan fingerprint density at radius 2 is 2.00 bits per heavy atom. The maximum absolute atomic E-state index is 12.1. The van der Waals surface area contributed by atoms with Crippen LogP contribution in [0.4, 0.5) is 0 Å². The number of rotatable bonds is 4. The Labute approximate surface area is 103 Å². The molecule has 0 saturated heterocycles. The van der Waals surface area contributed by atoms with E-state index in [1.807, 2.05) is 45.9 Å². The molecule has 3 heteroatoms. The van der Waals surface area contributed by atoms with Crippen LogP contribution in [-0.4, -0.2) is 18.5 Å². The summed E-state index contributed by atoms with van der Waals surface area (Å²) in [6.07, 6.45) is 0. The second-order valence-electron chi connectivity index (χ2n) is 4.79. The molecule has 0 bridgehead atoms. The summed E-state index contributed by atoms with van der Waals surface area (Å²) in [5, 5.41) is 3.00. The predicted molar refractivity (Wildman–Crippen MR) is 71.1 cm³/mol. The number of nitrogens with one attached hydrogen (secondary N) is 1. The van der Waals surface area contributed by atoms with E-state index in [2.05, 4.69) is 5.32 Å². The van der Waals surface area contributed by atoms with Crippen LogP contribution >= 0.6 is 0 Å². The van der Waals surface area contributed by atoms with Gasteiger partial charge in [0.2, 0.25) is 0 Å². The first-order valence-electron chi connectivity index (χ1n) is 6.04. The summed E-state index contributed by atoms with van der Waals surface area (Å²) in [4.78, 5) is 12.1. The summed E-state index contributed by atoms with van der Waals surface area (Å²) >= 11 is 0. The highest BCUT2D eigenvalue weighted by atomic mass is 16.1. The van der Waals surface area contributed by atoms with Gasteiger partial charge in [-0.05, 0) is 44.9 Å². The van der Waals surface area contributed by atoms with Crippen molar-refractivity contribution in [3.05, 3.63) is 34.9 Å². The van der Waals surface area contributed by atoms with Gasteiger partial charge in [-0.3, -0.25) is 4.79 Å². The molecule has 0 aliphatic carbocycles. The molecule has 3 nitrogen and oxygen atoms in total. The maximum atomic E-state index is 12.1. The Hall–Kier alpha value is -1.35. The third-order valence-electron chi connectivity index (χ3n) is 3.22. The van der Waals surface area contributed by atoms with E-state index in [1.54, 1.807) is 0 Å². The minimum Gasteiger partial charge on any atom is -0.349 e. The topological polar surface area (TPSA) is 55.1 Å². The fourth-order valence-corrected chi connectivity index (χ4v) is 1.61. The van der Waals surface area contributed by atoms with Gasteiger partial charge >= 0.3 is 0 Å². The second kappa shape index (κ2) is 5.82. The lowest BCUT2D eigenvalue weighted by Gasteiger charge is -2.20. The fraction of sp³-hybridized carbons (Fsp3) is 0.500. The van der Waals surface area contributed by atoms with E-state index in [4.69, 9.17) is 5.73 Å². The Bertz CT molecular complexity index is 401. The lowest BCUT2D eigenvalue weighted by Crippen LogP contribution is -2.40. The highest BCUT2D eigenvalue weighted by Gasteiger charge is 2.15. The zero-order chi connectivity index (χ0) is 13.0. The van der Waals surface area contributed by atoms with Gasteiger partial charge in [0.25, 0.3) is 5.91 Å². The third kappa shape index (κ3) is 3.56. The molecule has 94 valence electrons. The first-order chi connectivity index (χ1) is 7.95. The summed E-state index contributed by atoms with van der Waals surface area (Å²) in [6, 6.07) is 6.00. The van der Waals surface area contributed by atoms with Gasteiger partial charge < -0.3 is 11.1 Å². The molecule has 0 aliphatic rings. The smallest absolute Gasteiger partial charge is 0.251 e. The molecule has 0 spiro atoms. The average Bonchev–Trinajstić information content (AvgIpc) is 2.30. The number of hydrogen-bond acceptors (Lipinski definition) is 2. The number of aryl methyl sites for hydroxylation is 2. The first-order valence-corrected chi connectivity index (χ1v) is 6.04. The molecule has 0 saturated carbocycles. The van der Waals surface area contributed by atoms with Gasteiger partial charge in [0.15, 0.2) is 0 Å². The summed E-state index contributed by atoms with van der Waals surface area (Å²) in [5.41, 5.74) is 8.44. The van der Waals surface area contributed by atoms with Crippen molar-refractivity contribution in [3.63, 3.8) is 0 Å². The molecule has 0 heterocycles. The first kappa shape index (κ1) is 13.7. The molecule has 3 N–H and O–H groups in total. The number of nitrogens with two attached hydrogens (primary N) is 1. The van der Waals surface area contributed by atoms with E-state index in [1.165, 1.54) is 0 Å². The fourth-order valence-electron chi connectivity index (χ4n) is 1.61. The summed E-state index contributed by atoms with van der Waals surface area (Å²) < 4.78 is 0. The third-order valence-corrected chi connectivity index (χ3v) is 3.22. The zero-order valence-corrected chi connectivity index (χ0v) is 11.1. The molecule has 17 heavy (non-hydrogen) atoms. The van der Waals surface area contributed by atoms with Crippen molar-refractivity contribution in [2.24, 2.45) is 11.7 Å². The van der Waals surface area contributed by atoms with Crippen molar-refractivity contribution in [1.82, 2.24) is 5.32 Å². The molecule has 1 aromatic rings. The summed E-state index contributed by atoms with van der Waals surface area (Å²) in [7, 11) is 0. The molecule has 0 aliphatic heterocycles. The predicted octanol–water partition coefficient (Wildman–Crippen LogP) is 2.02. The van der Waals surface area contributed by atoms with Crippen molar-refractivity contribution >= 4 is 5.91 Å². The Morgan fingerprint density at radius 3 is 2.59 bits per heavy atom. The van der Waals surface area contributed by atoms with Gasteiger partial charge in [0.05, 0.1) is 0 Å². The molecule has 1 amide bonds. The monoisotopic (exact) mass is 234 g/mol. The molecule has 0 radical (unpaired) electrons. The normalized spacial score (nSPS) is 14.2. The quantitative estimate of drug-likeness (QED) is 0.837. The minimum absolute atomic E-state index is 0.0148. The van der Waals surface area contributed by atoms with Crippen LogP contribution in [0.25, 0.3) is 0 Å². The lowest BCUT2D eigenvalue weighted by molar-refractivity contribution is 0.0929. The van der Waals surface area contributed by atoms with Crippen molar-refractivity contribution in [2.45, 2.75) is 33.7 Å². The highest BCUT2D eigenvalue weighted by Crippen LogP contribution is 2.11. The molecular formula is C14H22N2O. The molecule has 1 rings (SSSR count). The van der Waals surface area contributed by atoms with Crippen LogP contribution in [0.15, 0.2) is 18.2 Å². The zero-order valence-electron chi connectivity index (χ0n) is 11.1. The van der Waals surface area contributed by atoms with E-state index < -0.39 is 0 Å². The molecule has 2 unspecified atom stereocenters. The largest absolute Gasteiger partial charge is 0.349 e. The van der Waals surface area contributed by atoms with Crippen LogP contribution in [0, 0.1) is 19.8 Å². The number of hydrogen-bond donors (Lipinski definition) is 2. The van der Waals surface area contributed by atoms with E-state index >= 15 is 0 Å². The highest BCUT2D eigenvalue weighted by molar-refractivity contribution is 5.96. The van der Waals surface area contributed by atoms with Crippen LogP contribution in [0.2, 0.25) is 0 Å². The Kier molecular flexibility index (Phi) is 4.70. The van der Waals surface area contributed by atoms with Gasteiger partial charge in [-0.25, -0.2) is 0 Å². The van der Waals surface area contributed by atoms with Gasteiger partial charge in [0.1, 0.15) is 0 Å². The lowest BCUT2D eigenvalue weighted by atomic mass is 10.0. The Balaban J connectivity index is 2.79. The minimum atomic E-state index is -0.0148. The van der Waals surface area contributed by atoms with E-state index in [9.17, 15) is 4.79 Å². The van der Waals surface area contributed by atoms with Gasteiger partial charge in [0, 0.05) is 11.6 Å². The van der Waals surface area contributed by atoms with E-state index in [-0.39, 0.29) is 17.9 Å². The van der Waals surface area contributed by atoms with Gasteiger partial charge in [-0.15, -0.1) is 0 Å². The molecule has 0 aromatic heterocycles. The standard InChI is InChI=1S/C14H22N2O/c1-9-5-6-10(2)13(7-9)14(17)16-12(4)11(3)8-15/h5-7,11-12H,8,15H2,1-4H3,(H,16,17). The van der Waals surface area contributed by atoms with Crippen molar-refractivity contribution in [3.8, 4) is 0 Å². The van der Waals surface area contributed by atoms with Crippen LogP contribution < -0.4 is 11.1 Å². The SMILES string of the molecule is Cc1ccc(C)c(C(=O)NC(C)C(C)CN)c1. The van der Waals surface area contributed by atoms with E-state index in [0.717, 1.165) is 16.7 Å². The second-order valence-corrected chi connectivity index (χ2v) is 4.79. The van der Waals surface area contributed by atoms with E-state index in [0.29, 0.717) is 6.54 Å². The van der Waals surface area contributed by atoms with Crippen molar-refractivity contribution in [2.75, 3.05) is 6.54 Å². The van der Waals surface area contributed by atoms with Gasteiger partial charge in [-0.1, -0.05) is 24.6 Å². The number of benzene rings is 1. The molecule has 1 aromatic carbocycles. The molecule has 0 fully saturated rings. The van der Waals surface area contributed by atoms with Crippen LogP contribution in [0.3, 0.4) is 0 Å².